The zero-order valence-electron chi connectivity index (χ0n) is 19.0. The molecular weight excluding hydrogens is 479 g/mol. The van der Waals surface area contributed by atoms with Gasteiger partial charge in [-0.25, -0.2) is 4.98 Å². The van der Waals surface area contributed by atoms with E-state index < -0.39 is 11.7 Å². The summed E-state index contributed by atoms with van der Waals surface area (Å²) >= 11 is 1.47. The van der Waals surface area contributed by atoms with Gasteiger partial charge in [0.15, 0.2) is 11.0 Å². The normalized spacial score (nSPS) is 11.9. The first-order valence-corrected chi connectivity index (χ1v) is 11.3. The Morgan fingerprint density at radius 1 is 0.971 bits per heavy atom. The number of nitrogen functional groups attached to an aromatic ring is 1. The van der Waals surface area contributed by atoms with Crippen molar-refractivity contribution in [2.75, 3.05) is 11.1 Å². The largest absolute Gasteiger partial charge is 0.439 e. The summed E-state index contributed by atoms with van der Waals surface area (Å²) in [5.41, 5.74) is 6.03. The molecule has 0 unspecified atom stereocenters. The highest BCUT2D eigenvalue weighted by atomic mass is 32.2. The Bertz CT molecular complexity index is 1340. The Morgan fingerprint density at radius 2 is 1.74 bits per heavy atom. The van der Waals surface area contributed by atoms with E-state index in [0.29, 0.717) is 34.0 Å². The van der Waals surface area contributed by atoms with Gasteiger partial charge in [-0.2, -0.15) is 18.2 Å². The van der Waals surface area contributed by atoms with E-state index >= 15 is 0 Å². The van der Waals surface area contributed by atoms with Crippen LogP contribution in [-0.4, -0.2) is 29.9 Å². The van der Waals surface area contributed by atoms with E-state index in [4.69, 9.17) is 10.5 Å². The summed E-state index contributed by atoms with van der Waals surface area (Å²) in [6.07, 6.45) is -4.44. The van der Waals surface area contributed by atoms with Crippen molar-refractivity contribution in [2.45, 2.75) is 36.9 Å². The number of alkyl halides is 3. The molecule has 0 atom stereocenters. The molecule has 0 spiro atoms. The average molecular weight is 502 g/mol. The van der Waals surface area contributed by atoms with Gasteiger partial charge in [-0.3, -0.25) is 0 Å². The lowest BCUT2D eigenvalue weighted by Gasteiger charge is -2.16. The summed E-state index contributed by atoms with van der Waals surface area (Å²) in [5, 5.41) is 11.3. The van der Waals surface area contributed by atoms with E-state index in [-0.39, 0.29) is 16.4 Å². The second-order valence-corrected chi connectivity index (χ2v) is 10.3. The maximum absolute atomic E-state index is 13.0. The monoisotopic (exact) mass is 501 g/mol. The van der Waals surface area contributed by atoms with E-state index in [2.05, 4.69) is 30.5 Å². The van der Waals surface area contributed by atoms with Gasteiger partial charge in [-0.1, -0.05) is 50.7 Å². The molecule has 2 aromatic heterocycles. The number of nitrogens with zero attached hydrogens (tertiary/aromatic N) is 4. The Hall–Kier alpha value is -3.80. The molecule has 182 valence electrons. The van der Waals surface area contributed by atoms with Crippen molar-refractivity contribution in [3.05, 3.63) is 60.2 Å². The van der Waals surface area contributed by atoms with Crippen molar-refractivity contribution >= 4 is 29.2 Å². The highest BCUT2D eigenvalue weighted by molar-refractivity contribution is 8.00. The minimum Gasteiger partial charge on any atom is -0.439 e. The number of H-pyrrole nitrogens is 1. The molecule has 0 fully saturated rings. The first-order chi connectivity index (χ1) is 16.4. The van der Waals surface area contributed by atoms with Crippen molar-refractivity contribution < 1.29 is 17.9 Å². The van der Waals surface area contributed by atoms with Gasteiger partial charge >= 0.3 is 6.18 Å². The number of nitrogens with two attached hydrogens (primary N) is 1. The van der Waals surface area contributed by atoms with E-state index in [1.54, 1.807) is 24.3 Å². The van der Waals surface area contributed by atoms with Crippen LogP contribution in [0.5, 0.6) is 11.6 Å². The van der Waals surface area contributed by atoms with Gasteiger partial charge in [0.1, 0.15) is 11.6 Å². The number of halogens is 3. The molecule has 0 amide bonds. The van der Waals surface area contributed by atoms with Crippen LogP contribution in [0.2, 0.25) is 0 Å². The van der Waals surface area contributed by atoms with Crippen molar-refractivity contribution in [3.8, 4) is 23.0 Å². The zero-order valence-corrected chi connectivity index (χ0v) is 19.8. The molecule has 0 radical (unpaired) electrons. The zero-order chi connectivity index (χ0) is 25.2. The lowest BCUT2D eigenvalue weighted by atomic mass is 10.2. The lowest BCUT2D eigenvalue weighted by Crippen LogP contribution is -2.09. The highest BCUT2D eigenvalue weighted by Gasteiger charge is 2.30. The minimum absolute atomic E-state index is 0.100. The van der Waals surface area contributed by atoms with Gasteiger partial charge in [0.25, 0.3) is 0 Å². The van der Waals surface area contributed by atoms with Crippen molar-refractivity contribution in [3.63, 3.8) is 0 Å². The van der Waals surface area contributed by atoms with Gasteiger partial charge in [-0.15, -0.1) is 10.2 Å². The molecule has 0 bridgehead atoms. The third kappa shape index (κ3) is 6.63. The molecule has 4 N–H and O–H groups in total. The first kappa shape index (κ1) is 24.3. The third-order valence-corrected chi connectivity index (χ3v) is 5.35. The topological polar surface area (TPSA) is 115 Å². The second-order valence-electron chi connectivity index (χ2n) is 8.48. The number of hydrogen-bond donors (Lipinski definition) is 3. The number of rotatable bonds is 6. The van der Waals surface area contributed by atoms with Gasteiger partial charge in [0.2, 0.25) is 11.8 Å². The van der Waals surface area contributed by atoms with Crippen molar-refractivity contribution in [2.24, 2.45) is 0 Å². The Labute approximate surface area is 203 Å². The maximum atomic E-state index is 13.0. The molecule has 0 aliphatic carbocycles. The van der Waals surface area contributed by atoms with Crippen LogP contribution in [-0.2, 0) is 6.18 Å². The summed E-state index contributed by atoms with van der Waals surface area (Å²) in [7, 11) is 0. The number of aromatic nitrogens is 5. The summed E-state index contributed by atoms with van der Waals surface area (Å²) in [4.78, 5) is 11.6. The number of hydrogen-bond acceptors (Lipinski definition) is 8. The second kappa shape index (κ2) is 9.45. The third-order valence-electron chi connectivity index (χ3n) is 4.37. The van der Waals surface area contributed by atoms with E-state index in [1.165, 1.54) is 30.0 Å². The van der Waals surface area contributed by atoms with Crippen LogP contribution in [0, 0.1) is 0 Å². The number of anilines is 3. The fraction of sp³-hybridized carbons (Fsp3) is 0.217. The van der Waals surface area contributed by atoms with Crippen LogP contribution in [0.4, 0.5) is 30.6 Å². The summed E-state index contributed by atoms with van der Waals surface area (Å²) < 4.78 is 44.6. The van der Waals surface area contributed by atoms with Gasteiger partial charge < -0.3 is 20.8 Å². The van der Waals surface area contributed by atoms with Crippen molar-refractivity contribution in [1.29, 1.82) is 0 Å². The molecule has 2 aromatic carbocycles. The number of benzene rings is 2. The number of thioether (sulfide) groups is 1. The highest BCUT2D eigenvalue weighted by Crippen LogP contribution is 2.33. The first-order valence-electron chi connectivity index (χ1n) is 10.4. The molecule has 12 heteroatoms. The van der Waals surface area contributed by atoms with E-state index in [9.17, 15) is 13.2 Å². The minimum atomic E-state index is -4.44. The summed E-state index contributed by atoms with van der Waals surface area (Å²) in [6, 6.07) is 13.4. The standard InChI is InChI=1S/C23H22F3N7OS/c1-22(2,3)35-21-29-17(27)12-18(30-21)34-16-9-4-6-13(10-16)19-31-20(33-32-19)28-15-8-5-7-14(11-15)23(24,25)26/h4-12H,1-3H3,(H2,27,29,30)(H2,28,31,32,33). The lowest BCUT2D eigenvalue weighted by molar-refractivity contribution is -0.137. The summed E-state index contributed by atoms with van der Waals surface area (Å²) in [5.74, 6) is 1.66. The molecule has 0 saturated heterocycles. The molecule has 8 nitrogen and oxygen atoms in total. The quantitative estimate of drug-likeness (QED) is 0.209. The molecule has 0 aliphatic rings. The molecule has 2 heterocycles. The van der Waals surface area contributed by atoms with Crippen LogP contribution in [0.3, 0.4) is 0 Å². The molecular formula is C23H22F3N7OS. The number of aromatic amines is 1. The predicted octanol–water partition coefficient (Wildman–Crippen LogP) is 6.29. The van der Waals surface area contributed by atoms with Gasteiger partial charge in [0, 0.05) is 22.1 Å². The predicted molar refractivity (Wildman–Crippen MR) is 129 cm³/mol. The maximum Gasteiger partial charge on any atom is 0.416 e. The van der Waals surface area contributed by atoms with E-state index in [0.717, 1.165) is 12.1 Å². The Balaban J connectivity index is 1.51. The van der Waals surface area contributed by atoms with Crippen molar-refractivity contribution in [1.82, 2.24) is 25.1 Å². The van der Waals surface area contributed by atoms with Crippen LogP contribution >= 0.6 is 11.8 Å². The molecule has 4 rings (SSSR count). The average Bonchev–Trinajstić information content (AvgIpc) is 3.20. The van der Waals surface area contributed by atoms with Gasteiger partial charge in [0.05, 0.1) is 5.56 Å². The Morgan fingerprint density at radius 3 is 2.49 bits per heavy atom. The smallest absolute Gasteiger partial charge is 0.416 e. The Kier molecular flexibility index (Phi) is 6.57. The molecule has 4 aromatic rings. The SMILES string of the molecule is CC(C)(C)Sc1nc(N)cc(Oc2cccc(-c3nnc(Nc4cccc(C(F)(F)F)c4)[nH]3)c2)n1. The fourth-order valence-corrected chi connectivity index (χ4v) is 3.81. The molecule has 0 saturated carbocycles. The summed E-state index contributed by atoms with van der Waals surface area (Å²) in [6.45, 7) is 6.13. The molecule has 35 heavy (non-hydrogen) atoms. The number of nitrogens with one attached hydrogen (secondary N) is 2. The molecule has 0 aliphatic heterocycles. The fourth-order valence-electron chi connectivity index (χ4n) is 2.98. The van der Waals surface area contributed by atoms with Crippen LogP contribution in [0.25, 0.3) is 11.4 Å². The van der Waals surface area contributed by atoms with Crippen LogP contribution in [0.15, 0.2) is 59.8 Å². The van der Waals surface area contributed by atoms with Gasteiger partial charge in [-0.05, 0) is 30.3 Å². The van der Waals surface area contributed by atoms with Crippen LogP contribution in [0.1, 0.15) is 26.3 Å². The number of ether oxygens (including phenoxy) is 1. The van der Waals surface area contributed by atoms with Crippen LogP contribution < -0.4 is 15.8 Å². The van der Waals surface area contributed by atoms with E-state index in [1.807, 2.05) is 20.8 Å².